The average molecular weight is 378 g/mol. The fourth-order valence-corrected chi connectivity index (χ4v) is 1.91. The highest BCUT2D eigenvalue weighted by molar-refractivity contribution is 5.94. The van der Waals surface area contributed by atoms with E-state index < -0.39 is 29.7 Å². The topological polar surface area (TPSA) is 88.1 Å². The number of aliphatic carboxylic acids is 1. The maximum Gasteiger partial charge on any atom is 0.416 e. The molecule has 0 bridgehead atoms. The molecule has 0 saturated carbocycles. The second-order valence-electron chi connectivity index (χ2n) is 5.53. The first-order valence-electron chi connectivity index (χ1n) is 7.62. The molecule has 0 saturated heterocycles. The summed E-state index contributed by atoms with van der Waals surface area (Å²) in [6.45, 7) is 1.37. The van der Waals surface area contributed by atoms with Crippen molar-refractivity contribution in [2.75, 3.05) is 39.2 Å². The third kappa shape index (κ3) is 6.52. The van der Waals surface area contributed by atoms with Gasteiger partial charge in [-0.2, -0.15) is 13.2 Å². The lowest BCUT2D eigenvalue weighted by atomic mass is 10.1. The second-order valence-corrected chi connectivity index (χ2v) is 5.53. The number of benzene rings is 1. The van der Waals surface area contributed by atoms with E-state index in [4.69, 9.17) is 14.6 Å². The first-order valence-corrected chi connectivity index (χ1v) is 7.62. The highest BCUT2D eigenvalue weighted by atomic mass is 19.4. The number of rotatable bonds is 9. The summed E-state index contributed by atoms with van der Waals surface area (Å²) in [5.41, 5.74) is -1.10. The summed E-state index contributed by atoms with van der Waals surface area (Å²) in [5.74, 6) is -1.74. The zero-order valence-electron chi connectivity index (χ0n) is 14.6. The zero-order valence-corrected chi connectivity index (χ0v) is 14.6. The first kappa shape index (κ1) is 21.7. The molecule has 1 unspecified atom stereocenters. The largest absolute Gasteiger partial charge is 0.489 e. The number of carboxylic acid groups (broad SMARTS) is 1. The highest BCUT2D eigenvalue weighted by Gasteiger charge is 2.31. The molecule has 1 aromatic rings. The van der Waals surface area contributed by atoms with Crippen LogP contribution in [-0.4, -0.2) is 61.8 Å². The van der Waals surface area contributed by atoms with Gasteiger partial charge in [0.05, 0.1) is 24.4 Å². The summed E-state index contributed by atoms with van der Waals surface area (Å²) >= 11 is 0. The molecular weight excluding hydrogens is 357 g/mol. The van der Waals surface area contributed by atoms with Crippen LogP contribution in [0.5, 0.6) is 5.75 Å². The van der Waals surface area contributed by atoms with E-state index in [9.17, 15) is 22.8 Å². The zero-order chi connectivity index (χ0) is 19.9. The van der Waals surface area contributed by atoms with Crippen LogP contribution in [0, 0.1) is 0 Å². The van der Waals surface area contributed by atoms with Crippen molar-refractivity contribution >= 4 is 17.6 Å². The smallest absolute Gasteiger partial charge is 0.416 e. The van der Waals surface area contributed by atoms with Gasteiger partial charge in [0.15, 0.2) is 0 Å². The van der Waals surface area contributed by atoms with Gasteiger partial charge in [0.25, 0.3) is 0 Å². The van der Waals surface area contributed by atoms with Gasteiger partial charge < -0.3 is 19.9 Å². The number of alkyl halides is 3. The van der Waals surface area contributed by atoms with Crippen molar-refractivity contribution in [3.63, 3.8) is 0 Å². The molecular formula is C16H21F3N2O5. The SMILES string of the molecule is COCCOc1ccc(C(F)(F)F)cc1NC(=O)CN(C)C(C)C(=O)O. The van der Waals surface area contributed by atoms with Crippen molar-refractivity contribution in [1.29, 1.82) is 0 Å². The van der Waals surface area contributed by atoms with E-state index in [1.54, 1.807) is 0 Å². The van der Waals surface area contributed by atoms with E-state index >= 15 is 0 Å². The predicted molar refractivity (Wildman–Crippen MR) is 87.2 cm³/mol. The summed E-state index contributed by atoms with van der Waals surface area (Å²) < 4.78 is 48.8. The number of likely N-dealkylation sites (N-methyl/N-ethyl adjacent to an activating group) is 1. The van der Waals surface area contributed by atoms with Gasteiger partial charge in [-0.1, -0.05) is 0 Å². The van der Waals surface area contributed by atoms with E-state index in [0.717, 1.165) is 18.2 Å². The van der Waals surface area contributed by atoms with Gasteiger partial charge in [-0.25, -0.2) is 0 Å². The number of halogens is 3. The number of anilines is 1. The molecule has 0 heterocycles. The lowest BCUT2D eigenvalue weighted by molar-refractivity contribution is -0.142. The number of methoxy groups -OCH3 is 1. The molecule has 1 atom stereocenters. The Morgan fingerprint density at radius 2 is 1.96 bits per heavy atom. The Hall–Kier alpha value is -2.33. The molecule has 0 fully saturated rings. The number of nitrogens with zero attached hydrogens (tertiary/aromatic N) is 1. The Labute approximate surface area is 148 Å². The van der Waals surface area contributed by atoms with Crippen LogP contribution in [0.4, 0.5) is 18.9 Å². The molecule has 2 N–H and O–H groups in total. The van der Waals surface area contributed by atoms with Crippen molar-refractivity contribution in [3.8, 4) is 5.75 Å². The molecule has 10 heteroatoms. The number of amides is 1. The molecule has 0 aliphatic carbocycles. The number of ether oxygens (including phenoxy) is 2. The number of carbonyl (C=O) groups excluding carboxylic acids is 1. The quantitative estimate of drug-likeness (QED) is 0.640. The Bertz CT molecular complexity index is 637. The van der Waals surface area contributed by atoms with Crippen LogP contribution in [0.1, 0.15) is 12.5 Å². The van der Waals surface area contributed by atoms with Gasteiger partial charge in [0.2, 0.25) is 5.91 Å². The van der Waals surface area contributed by atoms with E-state index in [0.29, 0.717) is 0 Å². The number of hydrogen-bond acceptors (Lipinski definition) is 5. The summed E-state index contributed by atoms with van der Waals surface area (Å²) in [5, 5.41) is 11.3. The molecule has 0 aromatic heterocycles. The number of hydrogen-bond donors (Lipinski definition) is 2. The Balaban J connectivity index is 2.95. The predicted octanol–water partition coefficient (Wildman–Crippen LogP) is 2.07. The second kappa shape index (κ2) is 9.39. The van der Waals surface area contributed by atoms with Gasteiger partial charge in [0, 0.05) is 7.11 Å². The Morgan fingerprint density at radius 1 is 1.31 bits per heavy atom. The molecule has 0 radical (unpaired) electrons. The highest BCUT2D eigenvalue weighted by Crippen LogP contribution is 2.35. The van der Waals surface area contributed by atoms with Gasteiger partial charge in [-0.05, 0) is 32.2 Å². The lowest BCUT2D eigenvalue weighted by Crippen LogP contribution is -2.40. The van der Waals surface area contributed by atoms with Crippen molar-refractivity contribution in [2.24, 2.45) is 0 Å². The van der Waals surface area contributed by atoms with Crippen LogP contribution >= 0.6 is 0 Å². The molecule has 1 amide bonds. The van der Waals surface area contributed by atoms with Crippen LogP contribution in [-0.2, 0) is 20.5 Å². The molecule has 1 rings (SSSR count). The standard InChI is InChI=1S/C16H21F3N2O5/c1-10(15(23)24)21(2)9-14(22)20-12-8-11(16(17,18)19)4-5-13(12)26-7-6-25-3/h4-5,8,10H,6-7,9H2,1-3H3,(H,20,22)(H,23,24). The molecule has 0 spiro atoms. The summed E-state index contributed by atoms with van der Waals surface area (Å²) in [4.78, 5) is 24.2. The summed E-state index contributed by atoms with van der Waals surface area (Å²) in [7, 11) is 2.86. The van der Waals surface area contributed by atoms with E-state index in [1.807, 2.05) is 0 Å². The van der Waals surface area contributed by atoms with Crippen molar-refractivity contribution < 1.29 is 37.3 Å². The van der Waals surface area contributed by atoms with Crippen LogP contribution in [0.15, 0.2) is 18.2 Å². The Morgan fingerprint density at radius 3 is 2.50 bits per heavy atom. The minimum absolute atomic E-state index is 0.0531. The maximum atomic E-state index is 12.9. The van der Waals surface area contributed by atoms with Gasteiger partial charge >= 0.3 is 12.1 Å². The third-order valence-electron chi connectivity index (χ3n) is 3.54. The third-order valence-corrected chi connectivity index (χ3v) is 3.54. The first-order chi connectivity index (χ1) is 12.1. The minimum Gasteiger partial charge on any atom is -0.489 e. The van der Waals surface area contributed by atoms with Crippen LogP contribution in [0.25, 0.3) is 0 Å². The average Bonchev–Trinajstić information content (AvgIpc) is 2.54. The van der Waals surface area contributed by atoms with Gasteiger partial charge in [-0.3, -0.25) is 14.5 Å². The molecule has 7 nitrogen and oxygen atoms in total. The Kier molecular flexibility index (Phi) is 7.84. The normalized spacial score (nSPS) is 12.7. The number of nitrogens with one attached hydrogen (secondary N) is 1. The molecule has 1 aromatic carbocycles. The lowest BCUT2D eigenvalue weighted by Gasteiger charge is -2.21. The fraction of sp³-hybridized carbons (Fsp3) is 0.500. The van der Waals surface area contributed by atoms with Crippen LogP contribution in [0.2, 0.25) is 0 Å². The monoisotopic (exact) mass is 378 g/mol. The van der Waals surface area contributed by atoms with Crippen LogP contribution < -0.4 is 10.1 Å². The van der Waals surface area contributed by atoms with Gasteiger partial charge in [-0.15, -0.1) is 0 Å². The fourth-order valence-electron chi connectivity index (χ4n) is 1.91. The summed E-state index contributed by atoms with van der Waals surface area (Å²) in [6, 6.07) is 1.79. The van der Waals surface area contributed by atoms with E-state index in [2.05, 4.69) is 5.32 Å². The minimum atomic E-state index is -4.58. The molecule has 146 valence electrons. The van der Waals surface area contributed by atoms with E-state index in [-0.39, 0.29) is 31.2 Å². The van der Waals surface area contributed by atoms with Gasteiger partial charge in [0.1, 0.15) is 18.4 Å². The van der Waals surface area contributed by atoms with Crippen molar-refractivity contribution in [2.45, 2.75) is 19.1 Å². The van der Waals surface area contributed by atoms with Crippen LogP contribution in [0.3, 0.4) is 0 Å². The van der Waals surface area contributed by atoms with E-state index in [1.165, 1.54) is 26.0 Å². The van der Waals surface area contributed by atoms with Crippen molar-refractivity contribution in [1.82, 2.24) is 4.90 Å². The number of carboxylic acids is 1. The maximum absolute atomic E-state index is 12.9. The molecule has 26 heavy (non-hydrogen) atoms. The van der Waals surface area contributed by atoms with Crippen molar-refractivity contribution in [3.05, 3.63) is 23.8 Å². The molecule has 0 aliphatic rings. The summed E-state index contributed by atoms with van der Waals surface area (Å²) in [6.07, 6.45) is -4.58. The number of carbonyl (C=O) groups is 2. The molecule has 0 aliphatic heterocycles.